The van der Waals surface area contributed by atoms with Crippen LogP contribution in [0.15, 0.2) is 96.5 Å². The van der Waals surface area contributed by atoms with Crippen LogP contribution in [0.5, 0.6) is 11.5 Å². The van der Waals surface area contributed by atoms with Crippen molar-refractivity contribution in [2.75, 3.05) is 24.4 Å². The number of hydrogen-bond donors (Lipinski definition) is 2. The molecule has 0 spiro atoms. The Morgan fingerprint density at radius 3 is 2.00 bits per heavy atom. The zero-order valence-electron chi connectivity index (χ0n) is 16.5. The van der Waals surface area contributed by atoms with Crippen molar-refractivity contribution in [3.8, 4) is 11.5 Å². The topological polar surface area (TPSA) is 54.9 Å². The van der Waals surface area contributed by atoms with E-state index in [1.807, 2.05) is 66.7 Å². The number of aliphatic imine (C=N–C) groups is 1. The minimum absolute atomic E-state index is 0.482. The predicted molar refractivity (Wildman–Crippen MR) is 120 cm³/mol. The smallest absolute Gasteiger partial charge is 0.200 e. The van der Waals surface area contributed by atoms with Crippen molar-refractivity contribution >= 4 is 17.3 Å². The maximum atomic E-state index is 5.53. The summed E-state index contributed by atoms with van der Waals surface area (Å²) in [7, 11) is 1.65. The normalized spacial score (nSPS) is 10.9. The van der Waals surface area contributed by atoms with E-state index in [1.54, 1.807) is 13.2 Å². The molecule has 0 atom stereocenters. The molecule has 29 heavy (non-hydrogen) atoms. The summed E-state index contributed by atoms with van der Waals surface area (Å²) < 4.78 is 10.8. The third-order valence-corrected chi connectivity index (χ3v) is 4.10. The highest BCUT2D eigenvalue weighted by Crippen LogP contribution is 2.18. The fourth-order valence-corrected chi connectivity index (χ4v) is 2.60. The van der Waals surface area contributed by atoms with E-state index in [9.17, 15) is 0 Å². The molecule has 0 unspecified atom stereocenters. The van der Waals surface area contributed by atoms with Crippen molar-refractivity contribution in [3.63, 3.8) is 0 Å². The van der Waals surface area contributed by atoms with E-state index in [0.29, 0.717) is 19.1 Å². The van der Waals surface area contributed by atoms with Crippen LogP contribution < -0.4 is 20.1 Å². The number of guanidine groups is 1. The van der Waals surface area contributed by atoms with Gasteiger partial charge in [-0.2, -0.15) is 0 Å². The Kier molecular flexibility index (Phi) is 7.29. The molecule has 3 rings (SSSR count). The summed E-state index contributed by atoms with van der Waals surface area (Å²) in [5, 5.41) is 6.68. The van der Waals surface area contributed by atoms with Gasteiger partial charge in [-0.25, -0.2) is 4.99 Å². The second kappa shape index (κ2) is 10.6. The average molecular weight is 387 g/mol. The van der Waals surface area contributed by atoms with Crippen molar-refractivity contribution in [2.24, 2.45) is 4.99 Å². The zero-order chi connectivity index (χ0) is 20.3. The standard InChI is InChI=1S/C24H25N3O2/c1-3-17-29-23-15-11-21(12-16-23)27-24(25-18-19-7-5-4-6-8-19)26-20-9-13-22(28-2)14-10-20/h3-16H,1,17-18H2,2H3,(H2,25,26,27). The largest absolute Gasteiger partial charge is 0.497 e. The summed E-state index contributed by atoms with van der Waals surface area (Å²) in [6.45, 7) is 4.70. The van der Waals surface area contributed by atoms with Crippen LogP contribution in [0.2, 0.25) is 0 Å². The van der Waals surface area contributed by atoms with Gasteiger partial charge in [0.15, 0.2) is 0 Å². The van der Waals surface area contributed by atoms with Gasteiger partial charge in [0, 0.05) is 11.4 Å². The van der Waals surface area contributed by atoms with Crippen LogP contribution in [-0.4, -0.2) is 19.7 Å². The summed E-state index contributed by atoms with van der Waals surface area (Å²) >= 11 is 0. The molecule has 0 aliphatic rings. The second-order valence-electron chi connectivity index (χ2n) is 6.25. The minimum atomic E-state index is 0.482. The van der Waals surface area contributed by atoms with Gasteiger partial charge >= 0.3 is 0 Å². The van der Waals surface area contributed by atoms with Gasteiger partial charge in [0.1, 0.15) is 18.1 Å². The summed E-state index contributed by atoms with van der Waals surface area (Å²) in [6.07, 6.45) is 1.72. The molecule has 0 fully saturated rings. The highest BCUT2D eigenvalue weighted by atomic mass is 16.5. The van der Waals surface area contributed by atoms with E-state index >= 15 is 0 Å². The Morgan fingerprint density at radius 1 is 0.862 bits per heavy atom. The lowest BCUT2D eigenvalue weighted by Gasteiger charge is -2.14. The molecule has 2 N–H and O–H groups in total. The Balaban J connectivity index is 1.74. The van der Waals surface area contributed by atoms with E-state index < -0.39 is 0 Å². The molecule has 5 heteroatoms. The Bertz CT molecular complexity index is 921. The molecule has 0 aliphatic carbocycles. The predicted octanol–water partition coefficient (Wildman–Crippen LogP) is 5.34. The van der Waals surface area contributed by atoms with Crippen molar-refractivity contribution in [2.45, 2.75) is 6.54 Å². The molecule has 3 aromatic rings. The van der Waals surface area contributed by atoms with E-state index in [4.69, 9.17) is 14.5 Å². The number of nitrogens with one attached hydrogen (secondary N) is 2. The Labute approximate surface area is 171 Å². The number of anilines is 2. The molecule has 0 radical (unpaired) electrons. The van der Waals surface area contributed by atoms with Crippen LogP contribution >= 0.6 is 0 Å². The van der Waals surface area contributed by atoms with Gasteiger partial charge in [0.05, 0.1) is 13.7 Å². The summed E-state index contributed by atoms with van der Waals surface area (Å²) in [5.41, 5.74) is 2.95. The van der Waals surface area contributed by atoms with E-state index in [-0.39, 0.29) is 0 Å². The maximum absolute atomic E-state index is 5.53. The van der Waals surface area contributed by atoms with Crippen LogP contribution in [0.25, 0.3) is 0 Å². The van der Waals surface area contributed by atoms with Crippen molar-refractivity contribution in [3.05, 3.63) is 97.1 Å². The third-order valence-electron chi connectivity index (χ3n) is 4.10. The first-order valence-corrected chi connectivity index (χ1v) is 9.37. The lowest BCUT2D eigenvalue weighted by atomic mass is 10.2. The van der Waals surface area contributed by atoms with Crippen LogP contribution in [0.4, 0.5) is 11.4 Å². The first-order valence-electron chi connectivity index (χ1n) is 9.37. The van der Waals surface area contributed by atoms with Gasteiger partial charge in [0.2, 0.25) is 5.96 Å². The van der Waals surface area contributed by atoms with Gasteiger partial charge in [0.25, 0.3) is 0 Å². The SMILES string of the molecule is C=CCOc1ccc(NC(=NCc2ccccc2)Nc2ccc(OC)cc2)cc1. The summed E-state index contributed by atoms with van der Waals surface area (Å²) in [5.74, 6) is 2.25. The van der Waals surface area contributed by atoms with Gasteiger partial charge in [-0.15, -0.1) is 0 Å². The average Bonchev–Trinajstić information content (AvgIpc) is 2.78. The zero-order valence-corrected chi connectivity index (χ0v) is 16.5. The molecule has 5 nitrogen and oxygen atoms in total. The van der Waals surface area contributed by atoms with Crippen molar-refractivity contribution < 1.29 is 9.47 Å². The number of hydrogen-bond acceptors (Lipinski definition) is 3. The lowest BCUT2D eigenvalue weighted by molar-refractivity contribution is 0.363. The quantitative estimate of drug-likeness (QED) is 0.311. The molecular weight excluding hydrogens is 362 g/mol. The van der Waals surface area contributed by atoms with Gasteiger partial charge in [-0.3, -0.25) is 0 Å². The van der Waals surface area contributed by atoms with Crippen LogP contribution in [0, 0.1) is 0 Å². The fourth-order valence-electron chi connectivity index (χ4n) is 2.60. The number of ether oxygens (including phenoxy) is 2. The molecule has 0 bridgehead atoms. The van der Waals surface area contributed by atoms with Gasteiger partial charge in [-0.1, -0.05) is 43.0 Å². The molecule has 148 valence electrons. The first kappa shape index (κ1) is 20.0. The maximum Gasteiger partial charge on any atom is 0.200 e. The molecule has 0 saturated carbocycles. The lowest BCUT2D eigenvalue weighted by Crippen LogP contribution is -2.22. The molecule has 0 aromatic heterocycles. The number of nitrogens with zero attached hydrogens (tertiary/aromatic N) is 1. The molecule has 0 saturated heterocycles. The van der Waals surface area contributed by atoms with Crippen molar-refractivity contribution in [1.29, 1.82) is 0 Å². The van der Waals surface area contributed by atoms with E-state index in [0.717, 1.165) is 28.4 Å². The number of methoxy groups -OCH3 is 1. The molecule has 0 heterocycles. The highest BCUT2D eigenvalue weighted by molar-refractivity contribution is 6.03. The summed E-state index contributed by atoms with van der Waals surface area (Å²) in [4.78, 5) is 4.72. The molecule has 0 aliphatic heterocycles. The second-order valence-corrected chi connectivity index (χ2v) is 6.25. The van der Waals surface area contributed by atoms with E-state index in [2.05, 4.69) is 29.3 Å². The monoisotopic (exact) mass is 387 g/mol. The van der Waals surface area contributed by atoms with E-state index in [1.165, 1.54) is 0 Å². The first-order chi connectivity index (χ1) is 14.3. The van der Waals surface area contributed by atoms with Gasteiger partial charge in [-0.05, 0) is 54.1 Å². The third kappa shape index (κ3) is 6.43. The Hall–Kier alpha value is -3.73. The fraction of sp³-hybridized carbons (Fsp3) is 0.125. The number of benzene rings is 3. The summed E-state index contributed by atoms with van der Waals surface area (Å²) in [6, 6.07) is 25.6. The van der Waals surface area contributed by atoms with Crippen molar-refractivity contribution in [1.82, 2.24) is 0 Å². The van der Waals surface area contributed by atoms with Crippen LogP contribution in [0.3, 0.4) is 0 Å². The van der Waals surface area contributed by atoms with Gasteiger partial charge < -0.3 is 20.1 Å². The van der Waals surface area contributed by atoms with Crippen LogP contribution in [-0.2, 0) is 6.54 Å². The molecule has 3 aromatic carbocycles. The minimum Gasteiger partial charge on any atom is -0.497 e. The Morgan fingerprint density at radius 2 is 1.45 bits per heavy atom. The van der Waals surface area contributed by atoms with Crippen LogP contribution in [0.1, 0.15) is 5.56 Å². The number of rotatable bonds is 8. The molecular formula is C24H25N3O2. The highest BCUT2D eigenvalue weighted by Gasteiger charge is 2.03. The molecule has 0 amide bonds.